The largest absolute Gasteiger partial charge is 0.326 e. The van der Waals surface area contributed by atoms with E-state index in [-0.39, 0.29) is 18.2 Å². The minimum absolute atomic E-state index is 0.108. The first-order chi connectivity index (χ1) is 12.4. The van der Waals surface area contributed by atoms with E-state index < -0.39 is 5.25 Å². The third kappa shape index (κ3) is 4.32. The van der Waals surface area contributed by atoms with E-state index in [0.29, 0.717) is 5.17 Å². The van der Waals surface area contributed by atoms with Crippen molar-refractivity contribution in [3.05, 3.63) is 59.2 Å². The van der Waals surface area contributed by atoms with Gasteiger partial charge < -0.3 is 10.6 Å². The molecular formula is C20H21N3O2S. The lowest BCUT2D eigenvalue weighted by Crippen LogP contribution is -2.28. The van der Waals surface area contributed by atoms with E-state index in [4.69, 9.17) is 0 Å². The Balaban J connectivity index is 1.64. The molecule has 1 saturated heterocycles. The second-order valence-corrected chi connectivity index (χ2v) is 7.54. The lowest BCUT2D eigenvalue weighted by Gasteiger charge is -2.09. The molecule has 2 aromatic carbocycles. The normalized spacial score (nSPS) is 18.0. The second-order valence-electron chi connectivity index (χ2n) is 6.35. The molecule has 0 aromatic heterocycles. The lowest BCUT2D eigenvalue weighted by atomic mass is 10.1. The molecule has 1 aliphatic rings. The Labute approximate surface area is 157 Å². The number of rotatable bonds is 4. The van der Waals surface area contributed by atoms with Crippen LogP contribution in [-0.2, 0) is 9.59 Å². The highest BCUT2D eigenvalue weighted by atomic mass is 32.2. The number of carbonyl (C=O) groups excluding carboxylic acids is 2. The summed E-state index contributed by atoms with van der Waals surface area (Å²) in [7, 11) is 0. The Morgan fingerprint density at radius 1 is 1.12 bits per heavy atom. The van der Waals surface area contributed by atoms with Crippen molar-refractivity contribution in [1.82, 2.24) is 5.32 Å². The monoisotopic (exact) mass is 367 g/mol. The molecule has 1 atom stereocenters. The highest BCUT2D eigenvalue weighted by Gasteiger charge is 2.32. The van der Waals surface area contributed by atoms with E-state index in [2.05, 4.69) is 15.6 Å². The molecule has 0 radical (unpaired) electrons. The predicted molar refractivity (Wildman–Crippen MR) is 107 cm³/mol. The number of nitrogens with one attached hydrogen (secondary N) is 2. The highest BCUT2D eigenvalue weighted by molar-refractivity contribution is 8.15. The first-order valence-corrected chi connectivity index (χ1v) is 9.29. The van der Waals surface area contributed by atoms with Crippen LogP contribution in [0, 0.1) is 20.8 Å². The Kier molecular flexibility index (Phi) is 5.42. The van der Waals surface area contributed by atoms with Crippen LogP contribution in [0.5, 0.6) is 0 Å². The van der Waals surface area contributed by atoms with Gasteiger partial charge in [-0.1, -0.05) is 36.0 Å². The summed E-state index contributed by atoms with van der Waals surface area (Å²) in [5.41, 5.74) is 4.89. The first-order valence-electron chi connectivity index (χ1n) is 8.41. The number of para-hydroxylation sites is 1. The standard InChI is InChI=1S/C20H21N3O2S/c1-12-8-9-15(10-14(12)3)21-20-23-19(25)17(26-20)11-18(24)22-16-7-5-4-6-13(16)2/h4-10,17H,11H2,1-3H3,(H,22,24)(H,21,23,25). The molecule has 1 aliphatic heterocycles. The minimum atomic E-state index is -0.468. The summed E-state index contributed by atoms with van der Waals surface area (Å²) in [4.78, 5) is 28.9. The number of benzene rings is 2. The molecule has 1 unspecified atom stereocenters. The summed E-state index contributed by atoms with van der Waals surface area (Å²) in [5.74, 6) is -0.364. The molecule has 2 aromatic rings. The van der Waals surface area contributed by atoms with Crippen molar-refractivity contribution in [2.75, 3.05) is 5.32 Å². The SMILES string of the molecule is Cc1ccc(N=C2NC(=O)C(CC(=O)Nc3ccccc3C)S2)cc1C. The Morgan fingerprint density at radius 3 is 2.62 bits per heavy atom. The van der Waals surface area contributed by atoms with Gasteiger partial charge in [0, 0.05) is 12.1 Å². The maximum atomic E-state index is 12.3. The quantitative estimate of drug-likeness (QED) is 0.862. The van der Waals surface area contributed by atoms with Gasteiger partial charge in [-0.3, -0.25) is 9.59 Å². The first kappa shape index (κ1) is 18.2. The molecule has 0 bridgehead atoms. The molecule has 1 fully saturated rings. The van der Waals surface area contributed by atoms with Gasteiger partial charge in [0.05, 0.1) is 5.69 Å². The molecule has 134 valence electrons. The highest BCUT2D eigenvalue weighted by Crippen LogP contribution is 2.26. The number of hydrogen-bond donors (Lipinski definition) is 2. The molecule has 3 rings (SSSR count). The van der Waals surface area contributed by atoms with Crippen molar-refractivity contribution in [1.29, 1.82) is 0 Å². The zero-order chi connectivity index (χ0) is 18.7. The predicted octanol–water partition coefficient (Wildman–Crippen LogP) is 3.86. The number of aryl methyl sites for hydroxylation is 3. The number of nitrogens with zero attached hydrogens (tertiary/aromatic N) is 1. The van der Waals surface area contributed by atoms with Crippen LogP contribution in [0.25, 0.3) is 0 Å². The van der Waals surface area contributed by atoms with Crippen molar-refractivity contribution >= 4 is 40.1 Å². The van der Waals surface area contributed by atoms with Gasteiger partial charge in [-0.05, 0) is 55.7 Å². The Bertz CT molecular complexity index is 892. The third-order valence-electron chi connectivity index (χ3n) is 4.29. The van der Waals surface area contributed by atoms with Crippen LogP contribution in [0.2, 0.25) is 0 Å². The van der Waals surface area contributed by atoms with Crippen LogP contribution >= 0.6 is 11.8 Å². The molecule has 6 heteroatoms. The van der Waals surface area contributed by atoms with Gasteiger partial charge in [0.2, 0.25) is 11.8 Å². The zero-order valence-corrected chi connectivity index (χ0v) is 15.8. The van der Waals surface area contributed by atoms with Crippen LogP contribution in [0.15, 0.2) is 47.5 Å². The summed E-state index contributed by atoms with van der Waals surface area (Å²) < 4.78 is 0. The van der Waals surface area contributed by atoms with Gasteiger partial charge in [-0.2, -0.15) is 0 Å². The van der Waals surface area contributed by atoms with Crippen molar-refractivity contribution in [2.24, 2.45) is 4.99 Å². The summed E-state index contributed by atoms with van der Waals surface area (Å²) in [6.45, 7) is 6.00. The van der Waals surface area contributed by atoms with Crippen LogP contribution in [0.1, 0.15) is 23.1 Å². The molecule has 0 aliphatic carbocycles. The van der Waals surface area contributed by atoms with Crippen LogP contribution in [0.3, 0.4) is 0 Å². The van der Waals surface area contributed by atoms with Crippen molar-refractivity contribution in [3.63, 3.8) is 0 Å². The summed E-state index contributed by atoms with van der Waals surface area (Å²) in [5, 5.41) is 5.69. The second kappa shape index (κ2) is 7.74. The lowest BCUT2D eigenvalue weighted by molar-refractivity contribution is -0.122. The van der Waals surface area contributed by atoms with E-state index >= 15 is 0 Å². The number of amides is 2. The van der Waals surface area contributed by atoms with Crippen molar-refractivity contribution in [2.45, 2.75) is 32.4 Å². The molecule has 26 heavy (non-hydrogen) atoms. The summed E-state index contributed by atoms with van der Waals surface area (Å²) >= 11 is 1.30. The number of anilines is 1. The zero-order valence-electron chi connectivity index (χ0n) is 15.0. The van der Waals surface area contributed by atoms with Gasteiger partial charge in [-0.15, -0.1) is 0 Å². The van der Waals surface area contributed by atoms with Gasteiger partial charge in [-0.25, -0.2) is 4.99 Å². The molecule has 0 saturated carbocycles. The maximum absolute atomic E-state index is 12.3. The van der Waals surface area contributed by atoms with Gasteiger partial charge >= 0.3 is 0 Å². The Morgan fingerprint density at radius 2 is 1.88 bits per heavy atom. The number of thioether (sulfide) groups is 1. The van der Waals surface area contributed by atoms with E-state index in [0.717, 1.165) is 22.5 Å². The smallest absolute Gasteiger partial charge is 0.240 e. The average molecular weight is 367 g/mol. The van der Waals surface area contributed by atoms with E-state index in [1.54, 1.807) is 0 Å². The number of carbonyl (C=O) groups is 2. The fourth-order valence-electron chi connectivity index (χ4n) is 2.59. The summed E-state index contributed by atoms with van der Waals surface area (Å²) in [6, 6.07) is 13.5. The van der Waals surface area contributed by atoms with Crippen LogP contribution in [0.4, 0.5) is 11.4 Å². The van der Waals surface area contributed by atoms with Crippen molar-refractivity contribution in [3.8, 4) is 0 Å². The van der Waals surface area contributed by atoms with E-state index in [1.165, 1.54) is 17.3 Å². The minimum Gasteiger partial charge on any atom is -0.326 e. The molecule has 2 amide bonds. The maximum Gasteiger partial charge on any atom is 0.240 e. The third-order valence-corrected chi connectivity index (χ3v) is 5.37. The number of aliphatic imine (C=N–C) groups is 1. The van der Waals surface area contributed by atoms with Gasteiger partial charge in [0.1, 0.15) is 5.25 Å². The fourth-order valence-corrected chi connectivity index (χ4v) is 3.58. The Hall–Kier alpha value is -2.60. The van der Waals surface area contributed by atoms with Crippen molar-refractivity contribution < 1.29 is 9.59 Å². The van der Waals surface area contributed by atoms with Crippen LogP contribution in [-0.4, -0.2) is 22.2 Å². The van der Waals surface area contributed by atoms with Gasteiger partial charge in [0.15, 0.2) is 5.17 Å². The topological polar surface area (TPSA) is 70.6 Å². The van der Waals surface area contributed by atoms with Gasteiger partial charge in [0.25, 0.3) is 0 Å². The molecular weight excluding hydrogens is 346 g/mol. The van der Waals surface area contributed by atoms with E-state index in [9.17, 15) is 9.59 Å². The number of amidine groups is 1. The van der Waals surface area contributed by atoms with Crippen LogP contribution < -0.4 is 10.6 Å². The summed E-state index contributed by atoms with van der Waals surface area (Å²) in [6.07, 6.45) is 0.108. The molecule has 1 heterocycles. The van der Waals surface area contributed by atoms with E-state index in [1.807, 2.05) is 63.2 Å². The number of hydrogen-bond acceptors (Lipinski definition) is 4. The molecule has 5 nitrogen and oxygen atoms in total. The molecule has 0 spiro atoms. The molecule has 2 N–H and O–H groups in total. The average Bonchev–Trinajstić information content (AvgIpc) is 2.92. The fraction of sp³-hybridized carbons (Fsp3) is 0.250.